The van der Waals surface area contributed by atoms with Crippen molar-refractivity contribution < 1.29 is 26.9 Å². The van der Waals surface area contributed by atoms with Gasteiger partial charge in [0.2, 0.25) is 0 Å². The fourth-order valence-corrected chi connectivity index (χ4v) is 4.41. The minimum atomic E-state index is -3.94. The summed E-state index contributed by atoms with van der Waals surface area (Å²) >= 11 is 0. The summed E-state index contributed by atoms with van der Waals surface area (Å²) < 4.78 is 45.4. The highest BCUT2D eigenvalue weighted by atomic mass is 32.2. The van der Waals surface area contributed by atoms with E-state index in [1.165, 1.54) is 0 Å². The van der Waals surface area contributed by atoms with Crippen molar-refractivity contribution in [2.45, 2.75) is 59.2 Å². The lowest BCUT2D eigenvalue weighted by Gasteiger charge is -2.60. The second-order valence-electron chi connectivity index (χ2n) is 8.37. The second kappa shape index (κ2) is 5.58. The fraction of sp³-hybridized carbons (Fsp3) is 0.933. The summed E-state index contributed by atoms with van der Waals surface area (Å²) in [4.78, 5) is 12.3. The molecule has 8 heteroatoms. The first-order valence-corrected chi connectivity index (χ1v) is 9.36. The van der Waals surface area contributed by atoms with Gasteiger partial charge in [0, 0.05) is 12.0 Å². The third-order valence-corrected chi connectivity index (χ3v) is 5.33. The predicted octanol–water partition coefficient (Wildman–Crippen LogP) is 2.89. The minimum Gasteiger partial charge on any atom is -0.465 e. The lowest BCUT2D eigenvalue weighted by Crippen LogP contribution is -2.73. The molecule has 1 fully saturated rings. The molecule has 2 unspecified atom stereocenters. The van der Waals surface area contributed by atoms with Gasteiger partial charge in [0.15, 0.2) is 5.67 Å². The highest BCUT2D eigenvalue weighted by Gasteiger charge is 2.68. The first-order valence-electron chi connectivity index (χ1n) is 7.54. The highest BCUT2D eigenvalue weighted by molar-refractivity contribution is 7.86. The summed E-state index contributed by atoms with van der Waals surface area (Å²) in [5.74, 6) is 0. The molecular weight excluding hydrogens is 325 g/mol. The maximum Gasteiger partial charge on any atom is 0.407 e. The predicted molar refractivity (Wildman–Crippen MR) is 85.6 cm³/mol. The van der Waals surface area contributed by atoms with Crippen LogP contribution in [-0.2, 0) is 14.3 Å². The van der Waals surface area contributed by atoms with Crippen molar-refractivity contribution in [3.63, 3.8) is 0 Å². The molecule has 0 aromatic rings. The molecule has 1 amide bonds. The standard InChI is InChI=1S/C15H28FNO5S/c1-12(2,3)14(16)10-17(11(18)19)9-8-15(14,13(4,5)6)22-23(7,20)21/h8-10H2,1-7H3,(H,18,19). The van der Waals surface area contributed by atoms with E-state index in [9.17, 15) is 18.3 Å². The number of piperidine rings is 1. The number of alkyl halides is 1. The Morgan fingerprint density at radius 2 is 1.65 bits per heavy atom. The van der Waals surface area contributed by atoms with Crippen LogP contribution in [0.1, 0.15) is 48.0 Å². The number of nitrogens with zero attached hydrogens (tertiary/aromatic N) is 1. The van der Waals surface area contributed by atoms with Crippen LogP contribution in [0.15, 0.2) is 0 Å². The molecule has 1 rings (SSSR count). The number of likely N-dealkylation sites (tertiary alicyclic amines) is 1. The van der Waals surface area contributed by atoms with Gasteiger partial charge in [0.25, 0.3) is 10.1 Å². The van der Waals surface area contributed by atoms with Gasteiger partial charge in [-0.2, -0.15) is 8.42 Å². The fourth-order valence-electron chi connectivity index (χ4n) is 3.43. The average molecular weight is 353 g/mol. The van der Waals surface area contributed by atoms with E-state index in [1.54, 1.807) is 41.5 Å². The zero-order valence-corrected chi connectivity index (χ0v) is 15.8. The number of halogens is 1. The van der Waals surface area contributed by atoms with E-state index in [4.69, 9.17) is 4.18 Å². The lowest BCUT2D eigenvalue weighted by molar-refractivity contribution is -0.217. The third-order valence-electron chi connectivity index (χ3n) is 4.75. The molecule has 2 atom stereocenters. The van der Waals surface area contributed by atoms with Gasteiger partial charge in [-0.25, -0.2) is 9.18 Å². The van der Waals surface area contributed by atoms with Gasteiger partial charge >= 0.3 is 6.09 Å². The van der Waals surface area contributed by atoms with Crippen LogP contribution in [0.5, 0.6) is 0 Å². The van der Waals surface area contributed by atoms with Crippen LogP contribution in [0.25, 0.3) is 0 Å². The minimum absolute atomic E-state index is 0.0177. The van der Waals surface area contributed by atoms with Gasteiger partial charge in [-0.3, -0.25) is 4.18 Å². The Morgan fingerprint density at radius 3 is 1.96 bits per heavy atom. The summed E-state index contributed by atoms with van der Waals surface area (Å²) in [6.07, 6.45) is -0.366. The lowest BCUT2D eigenvalue weighted by atomic mass is 9.56. The van der Waals surface area contributed by atoms with Gasteiger partial charge < -0.3 is 10.0 Å². The zero-order chi connectivity index (χ0) is 18.5. The smallest absolute Gasteiger partial charge is 0.407 e. The Balaban J connectivity index is 3.62. The van der Waals surface area contributed by atoms with Gasteiger partial charge in [-0.15, -0.1) is 0 Å². The summed E-state index contributed by atoms with van der Waals surface area (Å²) in [5, 5.41) is 9.24. The van der Waals surface area contributed by atoms with Crippen LogP contribution in [0.3, 0.4) is 0 Å². The number of amides is 1. The van der Waals surface area contributed by atoms with Gasteiger partial charge in [0.1, 0.15) is 5.60 Å². The highest BCUT2D eigenvalue weighted by Crippen LogP contribution is 2.56. The largest absolute Gasteiger partial charge is 0.465 e. The third kappa shape index (κ3) is 3.47. The first kappa shape index (κ1) is 20.2. The van der Waals surface area contributed by atoms with Crippen molar-refractivity contribution in [3.05, 3.63) is 0 Å². The van der Waals surface area contributed by atoms with Crippen molar-refractivity contribution in [2.24, 2.45) is 10.8 Å². The molecule has 0 bridgehead atoms. The number of rotatable bonds is 2. The molecule has 0 aromatic carbocycles. The Bertz CT molecular complexity index is 578. The van der Waals surface area contributed by atoms with Gasteiger partial charge in [-0.05, 0) is 11.8 Å². The average Bonchev–Trinajstić information content (AvgIpc) is 2.26. The number of carbonyl (C=O) groups is 1. The van der Waals surface area contributed by atoms with Crippen LogP contribution in [-0.4, -0.2) is 55.1 Å². The molecule has 1 heterocycles. The van der Waals surface area contributed by atoms with E-state index in [1.807, 2.05) is 0 Å². The van der Waals surface area contributed by atoms with Crippen molar-refractivity contribution in [1.29, 1.82) is 0 Å². The summed E-state index contributed by atoms with van der Waals surface area (Å²) in [6, 6.07) is 0. The van der Waals surface area contributed by atoms with E-state index in [0.29, 0.717) is 0 Å². The van der Waals surface area contributed by atoms with E-state index in [-0.39, 0.29) is 13.0 Å². The van der Waals surface area contributed by atoms with Crippen LogP contribution in [0, 0.1) is 10.8 Å². The van der Waals surface area contributed by atoms with Crippen molar-refractivity contribution in [3.8, 4) is 0 Å². The Labute approximate surface area is 138 Å². The number of hydrogen-bond acceptors (Lipinski definition) is 4. The maximum absolute atomic E-state index is 16.3. The molecule has 1 N–H and O–H groups in total. The second-order valence-corrected chi connectivity index (χ2v) is 9.94. The van der Waals surface area contributed by atoms with Crippen molar-refractivity contribution >= 4 is 16.2 Å². The molecule has 136 valence electrons. The number of hydrogen-bond donors (Lipinski definition) is 1. The molecule has 0 aliphatic carbocycles. The summed E-state index contributed by atoms with van der Waals surface area (Å²) in [7, 11) is -3.94. The molecule has 1 aliphatic heterocycles. The molecule has 23 heavy (non-hydrogen) atoms. The maximum atomic E-state index is 16.3. The quantitative estimate of drug-likeness (QED) is 0.772. The van der Waals surface area contributed by atoms with Crippen LogP contribution in [0.2, 0.25) is 0 Å². The van der Waals surface area contributed by atoms with E-state index in [2.05, 4.69) is 0 Å². The van der Waals surface area contributed by atoms with E-state index in [0.717, 1.165) is 11.2 Å². The molecule has 6 nitrogen and oxygen atoms in total. The monoisotopic (exact) mass is 353 g/mol. The van der Waals surface area contributed by atoms with Gasteiger partial charge in [-0.1, -0.05) is 41.5 Å². The van der Waals surface area contributed by atoms with E-state index >= 15 is 4.39 Å². The number of carboxylic acid groups (broad SMARTS) is 1. The van der Waals surface area contributed by atoms with Crippen LogP contribution in [0.4, 0.5) is 9.18 Å². The molecule has 0 aromatic heterocycles. The Hall–Kier alpha value is -0.890. The van der Waals surface area contributed by atoms with Crippen LogP contribution < -0.4 is 0 Å². The Morgan fingerprint density at radius 1 is 1.17 bits per heavy atom. The van der Waals surface area contributed by atoms with E-state index < -0.39 is 44.9 Å². The molecule has 0 radical (unpaired) electrons. The molecular formula is C15H28FNO5S. The summed E-state index contributed by atoms with van der Waals surface area (Å²) in [5.41, 5.74) is -5.72. The van der Waals surface area contributed by atoms with Crippen molar-refractivity contribution in [1.82, 2.24) is 4.90 Å². The zero-order valence-electron chi connectivity index (χ0n) is 14.9. The van der Waals surface area contributed by atoms with Crippen LogP contribution >= 0.6 is 0 Å². The van der Waals surface area contributed by atoms with Crippen molar-refractivity contribution in [2.75, 3.05) is 19.3 Å². The molecule has 0 spiro atoms. The molecule has 0 saturated carbocycles. The Kier molecular flexibility index (Phi) is 4.89. The summed E-state index contributed by atoms with van der Waals surface area (Å²) in [6.45, 7) is 9.62. The SMILES string of the molecule is CC(C)(C)C1(F)CN(C(=O)O)CCC1(OS(C)(=O)=O)C(C)(C)C. The molecule has 1 aliphatic rings. The molecule has 1 saturated heterocycles. The first-order chi connectivity index (χ1) is 9.97. The normalized spacial score (nSPS) is 30.3. The topological polar surface area (TPSA) is 83.9 Å². The van der Waals surface area contributed by atoms with Gasteiger partial charge in [0.05, 0.1) is 12.8 Å².